The topological polar surface area (TPSA) is 47.4 Å². The van der Waals surface area contributed by atoms with E-state index >= 15 is 0 Å². The molecule has 1 aromatic carbocycles. The summed E-state index contributed by atoms with van der Waals surface area (Å²) in [7, 11) is 2.03. The number of rotatable bonds is 5. The molecule has 1 aliphatic heterocycles. The number of aryl methyl sites for hydroxylation is 2. The van der Waals surface area contributed by atoms with E-state index in [1.165, 1.54) is 10.9 Å². The fraction of sp³-hybridized carbons (Fsp3) is 0.391. The molecule has 0 N–H and O–H groups in total. The van der Waals surface area contributed by atoms with Crippen LogP contribution in [0.25, 0.3) is 10.9 Å². The van der Waals surface area contributed by atoms with Gasteiger partial charge in [0.2, 0.25) is 5.91 Å². The second-order valence-corrected chi connectivity index (χ2v) is 7.74. The van der Waals surface area contributed by atoms with Crippen molar-refractivity contribution in [2.45, 2.75) is 26.2 Å². The van der Waals surface area contributed by atoms with Gasteiger partial charge >= 0.3 is 0 Å². The highest BCUT2D eigenvalue weighted by Crippen LogP contribution is 2.24. The lowest BCUT2D eigenvalue weighted by atomic mass is 9.97. The molecule has 0 unspecified atom stereocenters. The fourth-order valence-electron chi connectivity index (χ4n) is 4.02. The van der Waals surface area contributed by atoms with E-state index in [2.05, 4.69) is 27.9 Å². The average molecular weight is 377 g/mol. The Labute approximate surface area is 165 Å². The summed E-state index contributed by atoms with van der Waals surface area (Å²) in [5.41, 5.74) is 3.35. The molecule has 3 aromatic rings. The largest absolute Gasteiger partial charge is 0.493 e. The summed E-state index contributed by atoms with van der Waals surface area (Å²) in [5.74, 6) is 1.62. The number of amides is 1. The monoisotopic (exact) mass is 377 g/mol. The molecule has 1 saturated heterocycles. The maximum absolute atomic E-state index is 12.8. The third-order valence-corrected chi connectivity index (χ3v) is 5.73. The van der Waals surface area contributed by atoms with Gasteiger partial charge in [0, 0.05) is 55.2 Å². The predicted molar refractivity (Wildman–Crippen MR) is 110 cm³/mol. The second kappa shape index (κ2) is 8.05. The molecule has 2 aromatic heterocycles. The first-order valence-corrected chi connectivity index (χ1v) is 9.96. The van der Waals surface area contributed by atoms with Crippen molar-refractivity contribution in [1.29, 1.82) is 0 Å². The van der Waals surface area contributed by atoms with Crippen LogP contribution in [0.15, 0.2) is 48.9 Å². The number of nitrogens with zero attached hydrogens (tertiary/aromatic N) is 3. The maximum atomic E-state index is 12.8. The zero-order valence-electron chi connectivity index (χ0n) is 16.6. The van der Waals surface area contributed by atoms with E-state index < -0.39 is 0 Å². The number of aromatic nitrogens is 2. The number of likely N-dealkylation sites (tertiary alicyclic amines) is 1. The van der Waals surface area contributed by atoms with Crippen LogP contribution in [0.4, 0.5) is 0 Å². The quantitative estimate of drug-likeness (QED) is 0.680. The number of piperidine rings is 1. The molecule has 1 fully saturated rings. The third kappa shape index (κ3) is 3.88. The van der Waals surface area contributed by atoms with Crippen LogP contribution in [-0.2, 0) is 18.3 Å². The van der Waals surface area contributed by atoms with Crippen molar-refractivity contribution in [3.63, 3.8) is 0 Å². The summed E-state index contributed by atoms with van der Waals surface area (Å²) in [6.07, 6.45) is 8.12. The minimum atomic E-state index is 0.223. The molecule has 146 valence electrons. The number of benzene rings is 1. The number of hydrogen-bond acceptors (Lipinski definition) is 3. The molecule has 0 aliphatic carbocycles. The van der Waals surface area contributed by atoms with Gasteiger partial charge in [-0.3, -0.25) is 9.78 Å². The summed E-state index contributed by atoms with van der Waals surface area (Å²) >= 11 is 0. The highest BCUT2D eigenvalue weighted by molar-refractivity contribution is 5.89. The molecular formula is C23H27N3O2. The van der Waals surface area contributed by atoms with Crippen LogP contribution >= 0.6 is 0 Å². The van der Waals surface area contributed by atoms with Crippen molar-refractivity contribution in [2.75, 3.05) is 19.7 Å². The zero-order valence-corrected chi connectivity index (χ0v) is 16.6. The van der Waals surface area contributed by atoms with Crippen LogP contribution in [0.5, 0.6) is 5.75 Å². The number of pyridine rings is 1. The van der Waals surface area contributed by atoms with E-state index in [9.17, 15) is 4.79 Å². The number of fused-ring (bicyclic) bond motifs is 1. The molecule has 5 heteroatoms. The molecule has 5 nitrogen and oxygen atoms in total. The lowest BCUT2D eigenvalue weighted by Gasteiger charge is -2.32. The molecule has 0 saturated carbocycles. The van der Waals surface area contributed by atoms with Gasteiger partial charge in [0.25, 0.3) is 0 Å². The van der Waals surface area contributed by atoms with Crippen LogP contribution < -0.4 is 4.74 Å². The van der Waals surface area contributed by atoms with Gasteiger partial charge in [-0.25, -0.2) is 0 Å². The van der Waals surface area contributed by atoms with E-state index in [1.54, 1.807) is 6.20 Å². The van der Waals surface area contributed by atoms with Crippen LogP contribution in [0.3, 0.4) is 0 Å². The molecule has 4 rings (SSSR count). The van der Waals surface area contributed by atoms with E-state index in [4.69, 9.17) is 4.74 Å². The predicted octanol–water partition coefficient (Wildman–Crippen LogP) is 3.74. The molecule has 0 atom stereocenters. The minimum absolute atomic E-state index is 0.223. The Hall–Kier alpha value is -2.82. The van der Waals surface area contributed by atoms with Gasteiger partial charge in [-0.15, -0.1) is 0 Å². The second-order valence-electron chi connectivity index (χ2n) is 7.74. The van der Waals surface area contributed by atoms with Gasteiger partial charge in [-0.05, 0) is 43.4 Å². The number of hydrogen-bond donors (Lipinski definition) is 0. The van der Waals surface area contributed by atoms with Gasteiger partial charge in [0.1, 0.15) is 5.75 Å². The molecule has 3 heterocycles. The summed E-state index contributed by atoms with van der Waals surface area (Å²) in [6, 6.07) is 10.2. The molecule has 1 aliphatic rings. The summed E-state index contributed by atoms with van der Waals surface area (Å²) in [5, 5.41) is 1.18. The fourth-order valence-corrected chi connectivity index (χ4v) is 4.02. The van der Waals surface area contributed by atoms with Crippen LogP contribution in [0.2, 0.25) is 0 Å². The van der Waals surface area contributed by atoms with E-state index in [0.29, 0.717) is 18.9 Å². The lowest BCUT2D eigenvalue weighted by Crippen LogP contribution is -2.40. The van der Waals surface area contributed by atoms with Crippen molar-refractivity contribution >= 4 is 16.8 Å². The smallest absolute Gasteiger partial charge is 0.227 e. The van der Waals surface area contributed by atoms with Gasteiger partial charge < -0.3 is 14.2 Å². The van der Waals surface area contributed by atoms with E-state index in [0.717, 1.165) is 42.8 Å². The Bertz CT molecular complexity index is 971. The van der Waals surface area contributed by atoms with Crippen molar-refractivity contribution in [2.24, 2.45) is 13.0 Å². The SMILES string of the molecule is Cc1cnccc1OCC1CCN(C(=O)Cc2cn(C)c3ccccc23)CC1. The number of carbonyl (C=O) groups excluding carboxylic acids is 1. The van der Waals surface area contributed by atoms with Gasteiger partial charge in [0.15, 0.2) is 0 Å². The summed E-state index contributed by atoms with van der Waals surface area (Å²) in [6.45, 7) is 4.34. The summed E-state index contributed by atoms with van der Waals surface area (Å²) < 4.78 is 8.07. The molecule has 0 radical (unpaired) electrons. The highest BCUT2D eigenvalue weighted by atomic mass is 16.5. The number of para-hydroxylation sites is 1. The van der Waals surface area contributed by atoms with Crippen LogP contribution in [0, 0.1) is 12.8 Å². The minimum Gasteiger partial charge on any atom is -0.493 e. The van der Waals surface area contributed by atoms with Crippen LogP contribution in [-0.4, -0.2) is 40.1 Å². The molecule has 1 amide bonds. The number of ether oxygens (including phenoxy) is 1. The Balaban J connectivity index is 1.31. The van der Waals surface area contributed by atoms with E-state index in [-0.39, 0.29) is 5.91 Å². The zero-order chi connectivity index (χ0) is 19.5. The lowest BCUT2D eigenvalue weighted by molar-refractivity contribution is -0.132. The maximum Gasteiger partial charge on any atom is 0.227 e. The van der Waals surface area contributed by atoms with Crippen LogP contribution in [0.1, 0.15) is 24.0 Å². The molecule has 0 spiro atoms. The van der Waals surface area contributed by atoms with Gasteiger partial charge in [-0.1, -0.05) is 18.2 Å². The highest BCUT2D eigenvalue weighted by Gasteiger charge is 2.24. The molecule has 28 heavy (non-hydrogen) atoms. The van der Waals surface area contributed by atoms with Crippen molar-refractivity contribution < 1.29 is 9.53 Å². The van der Waals surface area contributed by atoms with Gasteiger partial charge in [-0.2, -0.15) is 0 Å². The summed E-state index contributed by atoms with van der Waals surface area (Å²) in [4.78, 5) is 18.9. The van der Waals surface area contributed by atoms with Crippen molar-refractivity contribution in [3.8, 4) is 5.75 Å². The number of carbonyl (C=O) groups is 1. The van der Waals surface area contributed by atoms with Gasteiger partial charge in [0.05, 0.1) is 13.0 Å². The third-order valence-electron chi connectivity index (χ3n) is 5.73. The Kier molecular flexibility index (Phi) is 5.33. The Morgan fingerprint density at radius 2 is 2.00 bits per heavy atom. The molecule has 0 bridgehead atoms. The Morgan fingerprint density at radius 1 is 1.21 bits per heavy atom. The van der Waals surface area contributed by atoms with E-state index in [1.807, 2.05) is 43.3 Å². The first-order valence-electron chi connectivity index (χ1n) is 9.96. The van der Waals surface area contributed by atoms with Crippen molar-refractivity contribution in [3.05, 3.63) is 60.0 Å². The standard InChI is InChI=1S/C23H27N3O2/c1-17-14-24-10-7-22(17)28-16-18-8-11-26(12-9-18)23(27)13-19-15-25(2)21-6-4-3-5-20(19)21/h3-7,10,14-15,18H,8-9,11-13,16H2,1-2H3. The first kappa shape index (κ1) is 18.5. The van der Waals surface area contributed by atoms with Crippen molar-refractivity contribution in [1.82, 2.24) is 14.5 Å². The Morgan fingerprint density at radius 3 is 2.79 bits per heavy atom. The average Bonchev–Trinajstić information content (AvgIpc) is 3.03. The molecular weight excluding hydrogens is 350 g/mol. The normalized spacial score (nSPS) is 15.1. The first-order chi connectivity index (χ1) is 13.6.